The maximum atomic E-state index is 13.5. The van der Waals surface area contributed by atoms with E-state index in [0.29, 0.717) is 17.0 Å². The molecule has 2 N–H and O–H groups in total. The van der Waals surface area contributed by atoms with Crippen LogP contribution >= 0.6 is 11.8 Å². The van der Waals surface area contributed by atoms with Crippen LogP contribution in [-0.2, 0) is 20.9 Å². The number of anilines is 1. The minimum absolute atomic E-state index is 0.0837. The number of urea groups is 1. The summed E-state index contributed by atoms with van der Waals surface area (Å²) < 4.78 is 49.3. The molecule has 0 bridgehead atoms. The second-order valence-electron chi connectivity index (χ2n) is 9.10. The Hall–Kier alpha value is -3.97. The average Bonchev–Trinajstić information content (AvgIpc) is 3.49. The number of halogens is 3. The zero-order chi connectivity index (χ0) is 27.9. The van der Waals surface area contributed by atoms with Crippen molar-refractivity contribution in [2.24, 2.45) is 5.92 Å². The van der Waals surface area contributed by atoms with E-state index < -0.39 is 24.0 Å². The van der Waals surface area contributed by atoms with Crippen LogP contribution in [0.25, 0.3) is 5.57 Å². The molecule has 3 aliphatic heterocycles. The van der Waals surface area contributed by atoms with Crippen molar-refractivity contribution >= 4 is 40.9 Å². The van der Waals surface area contributed by atoms with Crippen LogP contribution in [0.1, 0.15) is 18.1 Å². The first-order valence-corrected chi connectivity index (χ1v) is 12.7. The average molecular weight is 561 g/mol. The number of nitrogens with one attached hydrogen (secondary N) is 2. The highest BCUT2D eigenvalue weighted by Crippen LogP contribution is 2.41. The molecule has 204 valence electrons. The second kappa shape index (κ2) is 9.97. The molecule has 3 heterocycles. The van der Waals surface area contributed by atoms with Crippen molar-refractivity contribution in [1.82, 2.24) is 15.6 Å². The number of ether oxygens (including phenoxy) is 2. The molecule has 0 saturated carbocycles. The zero-order valence-corrected chi connectivity index (χ0v) is 21.5. The van der Waals surface area contributed by atoms with Crippen LogP contribution in [0.4, 0.5) is 23.7 Å². The molecule has 0 radical (unpaired) electrons. The van der Waals surface area contributed by atoms with Crippen LogP contribution in [0.2, 0.25) is 0 Å². The minimum atomic E-state index is -5.27. The van der Waals surface area contributed by atoms with Gasteiger partial charge < -0.3 is 14.8 Å². The lowest BCUT2D eigenvalue weighted by molar-refractivity contribution is -0.226. The van der Waals surface area contributed by atoms with Crippen molar-refractivity contribution in [2.45, 2.75) is 30.7 Å². The standard InChI is InChI=1S/C26H23F3N4O5S/c1-25(38-23(35)26(27,28)29)31-33(24(36)32(25)14-15-4-3-5-18(12-15)37-2)17-8-6-16(7-9-17)20-13-30-22(34)19-10-11-39-21(19)20/h3-13,19,21,31H,14H2,1-2H3,(H,30,34). The Morgan fingerprint density at radius 2 is 1.90 bits per heavy atom. The third-order valence-corrected chi connectivity index (χ3v) is 7.68. The van der Waals surface area contributed by atoms with Gasteiger partial charge >= 0.3 is 18.2 Å². The van der Waals surface area contributed by atoms with E-state index in [2.05, 4.69) is 10.7 Å². The number of amides is 3. The number of methoxy groups -OCH3 is 1. The third kappa shape index (κ3) is 5.06. The number of esters is 1. The second-order valence-corrected chi connectivity index (χ2v) is 10.2. The number of carbonyl (C=O) groups is 3. The van der Waals surface area contributed by atoms with Gasteiger partial charge in [0.25, 0.3) is 5.85 Å². The molecule has 3 atom stereocenters. The Morgan fingerprint density at radius 3 is 2.59 bits per heavy atom. The molecule has 3 unspecified atom stereocenters. The molecule has 1 fully saturated rings. The number of rotatable bonds is 6. The number of hydrogen-bond acceptors (Lipinski definition) is 7. The highest BCUT2D eigenvalue weighted by Gasteiger charge is 2.54. The summed E-state index contributed by atoms with van der Waals surface area (Å²) in [6.45, 7) is 0.988. The number of fused-ring (bicyclic) bond motifs is 1. The number of thioether (sulfide) groups is 1. The number of hydrogen-bond donors (Lipinski definition) is 2. The highest BCUT2D eigenvalue weighted by atomic mass is 32.2. The summed E-state index contributed by atoms with van der Waals surface area (Å²) in [5.41, 5.74) is 5.17. The lowest BCUT2D eigenvalue weighted by Gasteiger charge is -2.32. The number of nitrogens with zero attached hydrogens (tertiary/aromatic N) is 2. The molecular formula is C26H23F3N4O5S. The first-order valence-electron chi connectivity index (χ1n) is 11.8. The van der Waals surface area contributed by atoms with E-state index in [1.807, 2.05) is 11.5 Å². The summed E-state index contributed by atoms with van der Waals surface area (Å²) in [5.74, 6) is -4.48. The molecule has 0 aliphatic carbocycles. The Bertz CT molecular complexity index is 1380. The van der Waals surface area contributed by atoms with Gasteiger partial charge in [-0.3, -0.25) is 9.69 Å². The van der Waals surface area contributed by atoms with Gasteiger partial charge in [0.05, 0.1) is 30.5 Å². The molecular weight excluding hydrogens is 537 g/mol. The van der Waals surface area contributed by atoms with E-state index in [1.165, 1.54) is 25.8 Å². The monoisotopic (exact) mass is 560 g/mol. The third-order valence-electron chi connectivity index (χ3n) is 6.53. The van der Waals surface area contributed by atoms with Crippen molar-refractivity contribution in [3.8, 4) is 5.75 Å². The first kappa shape index (κ1) is 26.6. The molecule has 0 aromatic heterocycles. The Labute approximate surface area is 225 Å². The van der Waals surface area contributed by atoms with Crippen molar-refractivity contribution in [3.63, 3.8) is 0 Å². The highest BCUT2D eigenvalue weighted by molar-refractivity contribution is 8.03. The molecule has 5 rings (SSSR count). The van der Waals surface area contributed by atoms with Crippen molar-refractivity contribution < 1.29 is 37.0 Å². The van der Waals surface area contributed by atoms with E-state index >= 15 is 0 Å². The molecule has 3 aliphatic rings. The topological polar surface area (TPSA) is 100 Å². The fourth-order valence-corrected chi connectivity index (χ4v) is 5.72. The van der Waals surface area contributed by atoms with Crippen molar-refractivity contribution in [2.75, 3.05) is 12.1 Å². The Morgan fingerprint density at radius 1 is 1.15 bits per heavy atom. The predicted molar refractivity (Wildman–Crippen MR) is 137 cm³/mol. The van der Waals surface area contributed by atoms with Gasteiger partial charge in [-0.25, -0.2) is 14.6 Å². The molecule has 39 heavy (non-hydrogen) atoms. The van der Waals surface area contributed by atoms with Crippen LogP contribution < -0.4 is 20.5 Å². The minimum Gasteiger partial charge on any atom is -0.497 e. The van der Waals surface area contributed by atoms with Crippen molar-refractivity contribution in [1.29, 1.82) is 0 Å². The molecule has 3 amide bonds. The van der Waals surface area contributed by atoms with Gasteiger partial charge in [-0.15, -0.1) is 11.8 Å². The summed E-state index contributed by atoms with van der Waals surface area (Å²) >= 11 is 1.53. The maximum absolute atomic E-state index is 13.5. The molecule has 2 aromatic rings. The molecule has 2 aromatic carbocycles. The normalized spacial score (nSPS) is 24.4. The summed E-state index contributed by atoms with van der Waals surface area (Å²) in [7, 11) is 1.46. The van der Waals surface area contributed by atoms with Gasteiger partial charge in [0.1, 0.15) is 5.75 Å². The fourth-order valence-electron chi connectivity index (χ4n) is 4.55. The lowest BCUT2D eigenvalue weighted by Crippen LogP contribution is -2.55. The summed E-state index contributed by atoms with van der Waals surface area (Å²) in [6, 6.07) is 12.6. The first-order chi connectivity index (χ1) is 18.5. The Kier molecular flexibility index (Phi) is 6.81. The van der Waals surface area contributed by atoms with Crippen molar-refractivity contribution in [3.05, 3.63) is 77.3 Å². The number of hydrazine groups is 1. The lowest BCUT2D eigenvalue weighted by atomic mass is 9.91. The van der Waals surface area contributed by atoms with Gasteiger partial charge in [0.2, 0.25) is 5.91 Å². The van der Waals surface area contributed by atoms with Crippen LogP contribution in [0.3, 0.4) is 0 Å². The SMILES string of the molecule is COc1cccc(CN2C(=O)N(c3ccc(C4=CNC(=O)C5C=CSC45)cc3)NC2(C)OC(=O)C(F)(F)F)c1. The van der Waals surface area contributed by atoms with Gasteiger partial charge in [0, 0.05) is 13.1 Å². The fraction of sp³-hybridized carbons (Fsp3) is 0.269. The van der Waals surface area contributed by atoms with Crippen LogP contribution in [-0.4, -0.2) is 47.2 Å². The van der Waals surface area contributed by atoms with Crippen LogP contribution in [0, 0.1) is 5.92 Å². The Balaban J connectivity index is 1.43. The smallest absolute Gasteiger partial charge is 0.491 e. The van der Waals surface area contributed by atoms with Gasteiger partial charge in [-0.2, -0.15) is 18.6 Å². The summed E-state index contributed by atoms with van der Waals surface area (Å²) in [6.07, 6.45) is -1.77. The molecule has 9 nitrogen and oxygen atoms in total. The van der Waals surface area contributed by atoms with E-state index in [1.54, 1.807) is 54.7 Å². The quantitative estimate of drug-likeness (QED) is 0.513. The van der Waals surface area contributed by atoms with Gasteiger partial charge in [-0.1, -0.05) is 30.3 Å². The van der Waals surface area contributed by atoms with Crippen LogP contribution in [0.5, 0.6) is 5.75 Å². The number of alkyl halides is 3. The predicted octanol–water partition coefficient (Wildman–Crippen LogP) is 4.14. The summed E-state index contributed by atoms with van der Waals surface area (Å²) in [5, 5.41) is 5.59. The largest absolute Gasteiger partial charge is 0.497 e. The van der Waals surface area contributed by atoms with E-state index in [-0.39, 0.29) is 23.6 Å². The molecule has 13 heteroatoms. The van der Waals surface area contributed by atoms with Gasteiger partial charge in [0.15, 0.2) is 0 Å². The van der Waals surface area contributed by atoms with E-state index in [0.717, 1.165) is 21.0 Å². The molecule has 1 saturated heterocycles. The maximum Gasteiger partial charge on any atom is 0.491 e. The summed E-state index contributed by atoms with van der Waals surface area (Å²) in [4.78, 5) is 38.4. The van der Waals surface area contributed by atoms with E-state index in [4.69, 9.17) is 9.47 Å². The number of carbonyl (C=O) groups excluding carboxylic acids is 3. The van der Waals surface area contributed by atoms with Crippen LogP contribution in [0.15, 0.2) is 66.2 Å². The molecule has 0 spiro atoms. The number of benzene rings is 2. The van der Waals surface area contributed by atoms with E-state index in [9.17, 15) is 27.6 Å². The zero-order valence-electron chi connectivity index (χ0n) is 20.7. The van der Waals surface area contributed by atoms with Gasteiger partial charge in [-0.05, 0) is 46.4 Å².